The van der Waals surface area contributed by atoms with Crippen LogP contribution in [0.2, 0.25) is 5.02 Å². The number of carbonyl (C=O) groups excluding carboxylic acids is 2. The highest BCUT2D eigenvalue weighted by Crippen LogP contribution is 2.27. The number of hydrogen-bond donors (Lipinski definition) is 1. The number of amides is 2. The van der Waals surface area contributed by atoms with Gasteiger partial charge in [-0.1, -0.05) is 11.6 Å². The zero-order chi connectivity index (χ0) is 15.2. The van der Waals surface area contributed by atoms with E-state index >= 15 is 0 Å². The molecule has 0 bridgehead atoms. The molecule has 1 fully saturated rings. The Bertz CT molecular complexity index is 528. The van der Waals surface area contributed by atoms with E-state index in [1.165, 1.54) is 7.11 Å². The van der Waals surface area contributed by atoms with Gasteiger partial charge in [0.05, 0.1) is 12.8 Å². The molecule has 0 spiro atoms. The molecular formula is C15H19ClN2O3. The number of nitrogens with one attached hydrogen (secondary N) is 1. The van der Waals surface area contributed by atoms with Gasteiger partial charge in [0.15, 0.2) is 0 Å². The molecule has 0 unspecified atom stereocenters. The van der Waals surface area contributed by atoms with E-state index in [2.05, 4.69) is 5.32 Å². The van der Waals surface area contributed by atoms with Crippen LogP contribution in [0.5, 0.6) is 5.75 Å². The van der Waals surface area contributed by atoms with Crippen molar-refractivity contribution in [2.45, 2.75) is 25.7 Å². The van der Waals surface area contributed by atoms with E-state index in [4.69, 9.17) is 16.3 Å². The van der Waals surface area contributed by atoms with Crippen LogP contribution in [-0.4, -0.2) is 36.9 Å². The number of anilines is 1. The number of hydrogen-bond acceptors (Lipinski definition) is 3. The van der Waals surface area contributed by atoms with Crippen molar-refractivity contribution in [3.05, 3.63) is 23.2 Å². The Morgan fingerprint density at radius 2 is 2.00 bits per heavy atom. The van der Waals surface area contributed by atoms with Gasteiger partial charge >= 0.3 is 0 Å². The predicted octanol–water partition coefficient (Wildman–Crippen LogP) is 2.69. The van der Waals surface area contributed by atoms with Gasteiger partial charge in [-0.05, 0) is 37.5 Å². The zero-order valence-electron chi connectivity index (χ0n) is 12.0. The molecule has 2 amide bonds. The summed E-state index contributed by atoms with van der Waals surface area (Å²) in [5.41, 5.74) is 0.474. The Balaban J connectivity index is 1.95. The Labute approximate surface area is 129 Å². The third-order valence-corrected chi connectivity index (χ3v) is 3.69. The van der Waals surface area contributed by atoms with Crippen LogP contribution in [0.1, 0.15) is 25.7 Å². The van der Waals surface area contributed by atoms with Gasteiger partial charge in [0, 0.05) is 18.1 Å². The molecule has 0 radical (unpaired) electrons. The molecule has 21 heavy (non-hydrogen) atoms. The Morgan fingerprint density at radius 3 is 2.67 bits per heavy atom. The lowest BCUT2D eigenvalue weighted by Crippen LogP contribution is -2.37. The van der Waals surface area contributed by atoms with Crippen LogP contribution in [0.3, 0.4) is 0 Å². The van der Waals surface area contributed by atoms with E-state index in [0.29, 0.717) is 16.5 Å². The maximum absolute atomic E-state index is 12.0. The van der Waals surface area contributed by atoms with Gasteiger partial charge in [-0.15, -0.1) is 0 Å². The third-order valence-electron chi connectivity index (χ3n) is 3.46. The van der Waals surface area contributed by atoms with Crippen molar-refractivity contribution in [3.63, 3.8) is 0 Å². The second-order valence-corrected chi connectivity index (χ2v) is 5.45. The molecule has 2 rings (SSSR count). The number of piperidine rings is 1. The van der Waals surface area contributed by atoms with Crippen LogP contribution >= 0.6 is 11.6 Å². The largest absolute Gasteiger partial charge is 0.495 e. The number of halogens is 1. The summed E-state index contributed by atoms with van der Waals surface area (Å²) in [6, 6.07) is 4.95. The van der Waals surface area contributed by atoms with Crippen molar-refractivity contribution < 1.29 is 14.3 Å². The maximum Gasteiger partial charge on any atom is 0.233 e. The summed E-state index contributed by atoms with van der Waals surface area (Å²) < 4.78 is 5.15. The number of benzene rings is 1. The van der Waals surface area contributed by atoms with Crippen LogP contribution in [0, 0.1) is 0 Å². The van der Waals surface area contributed by atoms with Crippen LogP contribution in [0.4, 0.5) is 5.69 Å². The Kier molecular flexibility index (Phi) is 5.44. The Morgan fingerprint density at radius 1 is 1.29 bits per heavy atom. The molecule has 1 aliphatic rings. The van der Waals surface area contributed by atoms with Crippen molar-refractivity contribution in [2.24, 2.45) is 0 Å². The first-order valence-corrected chi connectivity index (χ1v) is 7.39. The van der Waals surface area contributed by atoms with Crippen molar-refractivity contribution in [1.82, 2.24) is 4.90 Å². The van der Waals surface area contributed by atoms with Gasteiger partial charge in [0.2, 0.25) is 11.8 Å². The predicted molar refractivity (Wildman–Crippen MR) is 81.7 cm³/mol. The molecule has 1 saturated heterocycles. The smallest absolute Gasteiger partial charge is 0.233 e. The first-order valence-electron chi connectivity index (χ1n) is 7.01. The molecule has 1 heterocycles. The lowest BCUT2D eigenvalue weighted by molar-refractivity contribution is -0.135. The minimum atomic E-state index is -0.355. The van der Waals surface area contributed by atoms with Gasteiger partial charge in [-0.25, -0.2) is 0 Å². The van der Waals surface area contributed by atoms with Crippen LogP contribution in [-0.2, 0) is 9.59 Å². The Hall–Kier alpha value is -1.75. The molecule has 0 atom stereocenters. The fourth-order valence-corrected chi connectivity index (χ4v) is 2.54. The molecule has 5 nitrogen and oxygen atoms in total. The zero-order valence-corrected chi connectivity index (χ0v) is 12.8. The topological polar surface area (TPSA) is 58.6 Å². The summed E-state index contributed by atoms with van der Waals surface area (Å²) in [7, 11) is 1.51. The lowest BCUT2D eigenvalue weighted by atomic mass is 10.1. The molecule has 0 saturated carbocycles. The van der Waals surface area contributed by atoms with Crippen LogP contribution < -0.4 is 10.1 Å². The SMILES string of the molecule is COc1ccc(Cl)cc1NC(=O)CC(=O)N1CCCCC1. The van der Waals surface area contributed by atoms with E-state index in [1.54, 1.807) is 23.1 Å². The normalized spacial score (nSPS) is 14.7. The number of carbonyl (C=O) groups is 2. The summed E-state index contributed by atoms with van der Waals surface area (Å²) in [6.07, 6.45) is 3.01. The maximum atomic E-state index is 12.0. The molecule has 114 valence electrons. The number of likely N-dealkylation sites (tertiary alicyclic amines) is 1. The van der Waals surface area contributed by atoms with Gasteiger partial charge in [-0.3, -0.25) is 9.59 Å². The molecule has 6 heteroatoms. The average molecular weight is 311 g/mol. The molecule has 1 N–H and O–H groups in total. The molecule has 1 aliphatic heterocycles. The molecule has 0 aromatic heterocycles. The molecular weight excluding hydrogens is 292 g/mol. The first-order chi connectivity index (χ1) is 10.1. The number of methoxy groups -OCH3 is 1. The summed E-state index contributed by atoms with van der Waals surface area (Å²) in [5.74, 6) is 0.0255. The summed E-state index contributed by atoms with van der Waals surface area (Å²) in [6.45, 7) is 1.49. The van der Waals surface area contributed by atoms with Crippen molar-refractivity contribution in [3.8, 4) is 5.75 Å². The summed E-state index contributed by atoms with van der Waals surface area (Å²) >= 11 is 5.90. The van der Waals surface area contributed by atoms with Gasteiger partial charge in [0.1, 0.15) is 12.2 Å². The monoisotopic (exact) mass is 310 g/mol. The second kappa shape index (κ2) is 7.31. The number of ether oxygens (including phenoxy) is 1. The van der Waals surface area contributed by atoms with Crippen LogP contribution in [0.25, 0.3) is 0 Å². The number of nitrogens with zero attached hydrogens (tertiary/aromatic N) is 1. The van der Waals surface area contributed by atoms with E-state index < -0.39 is 0 Å². The minimum absolute atomic E-state index is 0.131. The standard InChI is InChI=1S/C15H19ClN2O3/c1-21-13-6-5-11(16)9-12(13)17-14(19)10-15(20)18-7-3-2-4-8-18/h5-6,9H,2-4,7-8,10H2,1H3,(H,17,19). The van der Waals surface area contributed by atoms with E-state index in [0.717, 1.165) is 32.4 Å². The molecule has 1 aromatic carbocycles. The van der Waals surface area contributed by atoms with Crippen molar-refractivity contribution in [2.75, 3.05) is 25.5 Å². The quantitative estimate of drug-likeness (QED) is 0.870. The highest BCUT2D eigenvalue weighted by atomic mass is 35.5. The fourth-order valence-electron chi connectivity index (χ4n) is 2.36. The van der Waals surface area contributed by atoms with Gasteiger partial charge in [-0.2, -0.15) is 0 Å². The van der Waals surface area contributed by atoms with E-state index in [9.17, 15) is 9.59 Å². The van der Waals surface area contributed by atoms with Gasteiger partial charge in [0.25, 0.3) is 0 Å². The summed E-state index contributed by atoms with van der Waals surface area (Å²) in [4.78, 5) is 25.8. The van der Waals surface area contributed by atoms with Crippen LogP contribution in [0.15, 0.2) is 18.2 Å². The van der Waals surface area contributed by atoms with E-state index in [-0.39, 0.29) is 18.2 Å². The van der Waals surface area contributed by atoms with Crippen molar-refractivity contribution >= 4 is 29.1 Å². The highest BCUT2D eigenvalue weighted by Gasteiger charge is 2.19. The van der Waals surface area contributed by atoms with E-state index in [1.807, 2.05) is 0 Å². The fraction of sp³-hybridized carbons (Fsp3) is 0.467. The minimum Gasteiger partial charge on any atom is -0.495 e. The molecule has 0 aliphatic carbocycles. The number of rotatable bonds is 4. The first kappa shape index (κ1) is 15.6. The van der Waals surface area contributed by atoms with Crippen molar-refractivity contribution in [1.29, 1.82) is 0 Å². The highest BCUT2D eigenvalue weighted by molar-refractivity contribution is 6.31. The second-order valence-electron chi connectivity index (χ2n) is 5.01. The van der Waals surface area contributed by atoms with Gasteiger partial charge < -0.3 is 15.0 Å². The molecule has 1 aromatic rings. The summed E-state index contributed by atoms with van der Waals surface area (Å²) in [5, 5.41) is 3.17. The average Bonchev–Trinajstić information content (AvgIpc) is 2.48. The third kappa shape index (κ3) is 4.36. The lowest BCUT2D eigenvalue weighted by Gasteiger charge is -2.26.